The molecule has 2 aliphatic heterocycles. The lowest BCUT2D eigenvalue weighted by Crippen LogP contribution is -2.21. The molecule has 4 aromatic rings. The Balaban J connectivity index is 0.000000200. The van der Waals surface area contributed by atoms with Gasteiger partial charge in [-0.05, 0) is 71.8 Å². The standard InChI is InChI=1S/C20H18N2O.C11H14O2/c1-13(17-8-4-6-14-5-2-3-7-18(14)17)20(23)22-19-11-16-10-9-15(19)12-21-16;1-9-5-2-3-6-10(9)7-4-8-11(12)13/h2-11,13,21H,12H2,1H3,(H,22,23);2-3,5-6H,4,7-8H2,1H3,(H,12,13). The number of carboxylic acid groups (broad SMARTS) is 1. The fraction of sp³-hybridized carbons (Fsp3) is 0.226. The quantitative estimate of drug-likeness (QED) is 0.269. The molecule has 6 rings (SSSR count). The van der Waals surface area contributed by atoms with Crippen molar-refractivity contribution >= 4 is 34.0 Å². The van der Waals surface area contributed by atoms with Crippen LogP contribution in [0.2, 0.25) is 0 Å². The van der Waals surface area contributed by atoms with Gasteiger partial charge in [-0.25, -0.2) is 0 Å². The van der Waals surface area contributed by atoms with E-state index in [1.165, 1.54) is 11.1 Å². The van der Waals surface area contributed by atoms with E-state index in [1.807, 2.05) is 55.5 Å². The van der Waals surface area contributed by atoms with Crippen LogP contribution in [0.15, 0.2) is 84.9 Å². The first-order valence-electron chi connectivity index (χ1n) is 12.3. The lowest BCUT2D eigenvalue weighted by atomic mass is 9.94. The highest BCUT2D eigenvalue weighted by molar-refractivity contribution is 6.00. The summed E-state index contributed by atoms with van der Waals surface area (Å²) in [5, 5.41) is 17.1. The summed E-state index contributed by atoms with van der Waals surface area (Å²) < 4.78 is 0. The maximum atomic E-state index is 12.7. The first-order valence-corrected chi connectivity index (χ1v) is 12.3. The van der Waals surface area contributed by atoms with Crippen LogP contribution in [0.3, 0.4) is 0 Å². The van der Waals surface area contributed by atoms with Gasteiger partial charge < -0.3 is 15.7 Å². The van der Waals surface area contributed by atoms with Gasteiger partial charge in [0.1, 0.15) is 0 Å². The number of aliphatic carboxylic acids is 1. The van der Waals surface area contributed by atoms with E-state index < -0.39 is 5.97 Å². The highest BCUT2D eigenvalue weighted by Gasteiger charge is 2.20. The van der Waals surface area contributed by atoms with Gasteiger partial charge in [0.2, 0.25) is 5.91 Å². The summed E-state index contributed by atoms with van der Waals surface area (Å²) in [5.74, 6) is -0.889. The van der Waals surface area contributed by atoms with E-state index >= 15 is 0 Å². The Morgan fingerprint density at radius 2 is 1.72 bits per heavy atom. The molecule has 0 saturated carbocycles. The van der Waals surface area contributed by atoms with Gasteiger partial charge in [0.25, 0.3) is 0 Å². The van der Waals surface area contributed by atoms with Crippen molar-refractivity contribution in [3.05, 3.63) is 107 Å². The highest BCUT2D eigenvalue weighted by Crippen LogP contribution is 2.30. The lowest BCUT2D eigenvalue weighted by molar-refractivity contribution is -0.137. The molecule has 0 aromatic heterocycles. The normalized spacial score (nSPS) is 12.3. The molecule has 36 heavy (non-hydrogen) atoms. The summed E-state index contributed by atoms with van der Waals surface area (Å²) >= 11 is 0. The first-order chi connectivity index (χ1) is 17.4. The Morgan fingerprint density at radius 3 is 2.42 bits per heavy atom. The minimum absolute atomic E-state index is 0.0293. The van der Waals surface area contributed by atoms with E-state index in [0.29, 0.717) is 0 Å². The van der Waals surface area contributed by atoms with Gasteiger partial charge in [-0.2, -0.15) is 0 Å². The van der Waals surface area contributed by atoms with Crippen molar-refractivity contribution < 1.29 is 14.7 Å². The Morgan fingerprint density at radius 1 is 0.972 bits per heavy atom. The van der Waals surface area contributed by atoms with Gasteiger partial charge in [0.05, 0.1) is 5.92 Å². The largest absolute Gasteiger partial charge is 0.481 e. The van der Waals surface area contributed by atoms with Crippen molar-refractivity contribution in [2.24, 2.45) is 0 Å². The average molecular weight is 481 g/mol. The number of carboxylic acids is 1. The molecule has 0 saturated heterocycles. The number of benzene rings is 4. The maximum absolute atomic E-state index is 12.7. The lowest BCUT2D eigenvalue weighted by Gasteiger charge is -2.21. The molecule has 4 aromatic carbocycles. The molecule has 5 heteroatoms. The van der Waals surface area contributed by atoms with E-state index in [1.54, 1.807) is 0 Å². The molecule has 3 N–H and O–H groups in total. The second-order valence-electron chi connectivity index (χ2n) is 9.18. The van der Waals surface area contributed by atoms with Crippen LogP contribution in [0, 0.1) is 6.92 Å². The molecular weight excluding hydrogens is 448 g/mol. The fourth-order valence-corrected chi connectivity index (χ4v) is 4.49. The van der Waals surface area contributed by atoms with Gasteiger partial charge in [0.15, 0.2) is 0 Å². The molecular formula is C31H32N2O3. The third kappa shape index (κ3) is 6.11. The number of fused-ring (bicyclic) bond motifs is 4. The number of hydrogen-bond acceptors (Lipinski definition) is 3. The van der Waals surface area contributed by atoms with Crippen LogP contribution in [-0.2, 0) is 22.6 Å². The molecule has 1 amide bonds. The number of aryl methyl sites for hydroxylation is 2. The summed E-state index contributed by atoms with van der Waals surface area (Å²) in [4.78, 5) is 23.0. The van der Waals surface area contributed by atoms with E-state index in [2.05, 4.69) is 54.0 Å². The van der Waals surface area contributed by atoms with Crippen LogP contribution in [-0.4, -0.2) is 17.0 Å². The van der Waals surface area contributed by atoms with Crippen molar-refractivity contribution in [1.29, 1.82) is 0 Å². The third-order valence-electron chi connectivity index (χ3n) is 6.63. The van der Waals surface area contributed by atoms with Crippen LogP contribution in [0.25, 0.3) is 10.8 Å². The summed E-state index contributed by atoms with van der Waals surface area (Å²) in [7, 11) is 0. The number of anilines is 2. The van der Waals surface area contributed by atoms with Crippen LogP contribution < -0.4 is 10.6 Å². The predicted molar refractivity (Wildman–Crippen MR) is 147 cm³/mol. The van der Waals surface area contributed by atoms with Crippen molar-refractivity contribution in [2.45, 2.75) is 45.6 Å². The average Bonchev–Trinajstić information content (AvgIpc) is 2.90. The second kappa shape index (κ2) is 11.5. The zero-order valence-corrected chi connectivity index (χ0v) is 20.8. The summed E-state index contributed by atoms with van der Waals surface area (Å²) in [6.45, 7) is 4.79. The molecule has 2 heterocycles. The molecule has 2 aliphatic rings. The number of rotatable bonds is 7. The smallest absolute Gasteiger partial charge is 0.303 e. The van der Waals surface area contributed by atoms with Gasteiger partial charge in [0, 0.05) is 24.3 Å². The number of carbonyl (C=O) groups excluding carboxylic acids is 1. The molecule has 1 unspecified atom stereocenters. The number of hydrogen-bond donors (Lipinski definition) is 3. The molecule has 0 aliphatic carbocycles. The van der Waals surface area contributed by atoms with Gasteiger partial charge in [-0.15, -0.1) is 0 Å². The van der Waals surface area contributed by atoms with Crippen LogP contribution in [0.5, 0.6) is 0 Å². The minimum Gasteiger partial charge on any atom is -0.481 e. The summed E-state index contributed by atoms with van der Waals surface area (Å²) in [6.07, 6.45) is 1.84. The maximum Gasteiger partial charge on any atom is 0.303 e. The van der Waals surface area contributed by atoms with Crippen molar-refractivity contribution in [3.8, 4) is 0 Å². The third-order valence-corrected chi connectivity index (χ3v) is 6.63. The SMILES string of the molecule is CC(C(=O)Nc1cc2ccc1CN2)c1cccc2ccccc12.Cc1ccccc1CCCC(=O)O. The van der Waals surface area contributed by atoms with Crippen LogP contribution in [0.4, 0.5) is 11.4 Å². The monoisotopic (exact) mass is 480 g/mol. The van der Waals surface area contributed by atoms with Gasteiger partial charge >= 0.3 is 5.97 Å². The van der Waals surface area contributed by atoms with Crippen molar-refractivity contribution in [1.82, 2.24) is 0 Å². The number of carbonyl (C=O) groups is 2. The number of amides is 1. The van der Waals surface area contributed by atoms with Gasteiger partial charge in [-0.1, -0.05) is 72.8 Å². The molecule has 0 radical (unpaired) electrons. The molecule has 1 atom stereocenters. The number of nitrogens with one attached hydrogen (secondary N) is 2. The van der Waals surface area contributed by atoms with E-state index in [0.717, 1.165) is 52.7 Å². The van der Waals surface area contributed by atoms with Crippen molar-refractivity contribution in [2.75, 3.05) is 10.6 Å². The van der Waals surface area contributed by atoms with Crippen molar-refractivity contribution in [3.63, 3.8) is 0 Å². The minimum atomic E-state index is -0.714. The predicted octanol–water partition coefficient (Wildman–Crippen LogP) is 6.91. The zero-order valence-electron chi connectivity index (χ0n) is 20.8. The molecule has 5 nitrogen and oxygen atoms in total. The molecule has 0 spiro atoms. The molecule has 184 valence electrons. The van der Waals surface area contributed by atoms with E-state index in [4.69, 9.17) is 5.11 Å². The van der Waals surface area contributed by atoms with E-state index in [-0.39, 0.29) is 18.2 Å². The Bertz CT molecular complexity index is 1370. The van der Waals surface area contributed by atoms with Crippen LogP contribution in [0.1, 0.15) is 47.9 Å². The van der Waals surface area contributed by atoms with E-state index in [9.17, 15) is 9.59 Å². The second-order valence-corrected chi connectivity index (χ2v) is 9.18. The summed E-state index contributed by atoms with van der Waals surface area (Å²) in [6, 6.07) is 28.5. The Hall–Kier alpha value is -4.12. The molecule has 2 bridgehead atoms. The highest BCUT2D eigenvalue weighted by atomic mass is 16.4. The first kappa shape index (κ1) is 25.0. The fourth-order valence-electron chi connectivity index (χ4n) is 4.49. The zero-order chi connectivity index (χ0) is 25.5. The Kier molecular flexibility index (Phi) is 8.01. The Labute approximate surface area is 212 Å². The summed E-state index contributed by atoms with van der Waals surface area (Å²) in [5.41, 5.74) is 6.65. The van der Waals surface area contributed by atoms with Gasteiger partial charge in [-0.3, -0.25) is 9.59 Å². The topological polar surface area (TPSA) is 78.4 Å². The molecule has 0 fully saturated rings. The van der Waals surface area contributed by atoms with Crippen LogP contribution >= 0.6 is 0 Å².